The molecule has 2 atom stereocenters. The molecule has 2 saturated carbocycles. The Labute approximate surface area is 444 Å². The van der Waals surface area contributed by atoms with Crippen molar-refractivity contribution in [1.29, 1.82) is 0 Å². The number of halogens is 5. The number of aliphatic hydroxyl groups is 1. The maximum absolute atomic E-state index is 16.5. The normalized spacial score (nSPS) is 24.4. The topological polar surface area (TPSA) is 168 Å². The van der Waals surface area contributed by atoms with Gasteiger partial charge in [-0.15, -0.1) is 0 Å². The van der Waals surface area contributed by atoms with Crippen LogP contribution in [-0.2, 0) is 17.4 Å². The van der Waals surface area contributed by atoms with E-state index >= 15 is 17.6 Å². The molecule has 5 aromatic rings. The van der Waals surface area contributed by atoms with Crippen LogP contribution in [0.5, 0.6) is 11.5 Å². The molecule has 19 heteroatoms. The van der Waals surface area contributed by atoms with Crippen LogP contribution in [0, 0.1) is 34.6 Å². The highest BCUT2D eigenvalue weighted by Crippen LogP contribution is 2.57. The smallest absolute Gasteiger partial charge is 0.329 e. The molecule has 14 nitrogen and oxygen atoms in total. The molecule has 0 bridgehead atoms. The second kappa shape index (κ2) is 20.9. The van der Waals surface area contributed by atoms with Gasteiger partial charge in [-0.2, -0.15) is 5.10 Å². The van der Waals surface area contributed by atoms with Crippen LogP contribution in [0.25, 0.3) is 22.0 Å². The van der Waals surface area contributed by atoms with Gasteiger partial charge in [0, 0.05) is 79.4 Å². The number of nitrogens with one attached hydrogen (secondary N) is 2. The fraction of sp³-hybridized carbons (Fsp3) is 0.509. The summed E-state index contributed by atoms with van der Waals surface area (Å²) >= 11 is 6.74. The third kappa shape index (κ3) is 9.38. The fourth-order valence-electron chi connectivity index (χ4n) is 13.8. The third-order valence-corrected chi connectivity index (χ3v) is 18.3. The van der Waals surface area contributed by atoms with Crippen molar-refractivity contribution in [3.8, 4) is 22.6 Å². The maximum atomic E-state index is 16.5. The molecule has 5 heterocycles. The Bertz CT molecular complexity index is 3060. The lowest BCUT2D eigenvalue weighted by molar-refractivity contribution is -0.120. The molecular weight excluding hydrogens is 1000 g/mol. The van der Waals surface area contributed by atoms with Crippen LogP contribution in [0.4, 0.5) is 28.2 Å². The van der Waals surface area contributed by atoms with E-state index in [-0.39, 0.29) is 93.6 Å². The Morgan fingerprint density at radius 3 is 2.33 bits per heavy atom. The minimum absolute atomic E-state index is 0.0279. The van der Waals surface area contributed by atoms with E-state index in [1.54, 1.807) is 7.05 Å². The van der Waals surface area contributed by atoms with E-state index in [2.05, 4.69) is 25.5 Å². The van der Waals surface area contributed by atoms with Crippen molar-refractivity contribution in [1.82, 2.24) is 30.2 Å². The van der Waals surface area contributed by atoms with Gasteiger partial charge in [0.25, 0.3) is 0 Å². The molecule has 6 aliphatic rings. The number of benzene rings is 4. The third-order valence-electron chi connectivity index (χ3n) is 18.0. The number of aryl methyl sites for hydroxylation is 1. The lowest BCUT2D eigenvalue weighted by Gasteiger charge is -2.56. The van der Waals surface area contributed by atoms with E-state index in [0.29, 0.717) is 42.3 Å². The zero-order valence-electron chi connectivity index (χ0n) is 42.9. The Balaban J connectivity index is 0.677. The lowest BCUT2D eigenvalue weighted by atomic mass is 9.59. The second-order valence-electron chi connectivity index (χ2n) is 22.2. The number of nitrogens with two attached hydrogens (primary N) is 1. The van der Waals surface area contributed by atoms with Crippen molar-refractivity contribution in [2.75, 3.05) is 63.9 Å². The minimum atomic E-state index is -1.05. The molecule has 5 N–H and O–H groups in total. The Morgan fingerprint density at radius 2 is 1.64 bits per heavy atom. The molecule has 2 unspecified atom stereocenters. The summed E-state index contributed by atoms with van der Waals surface area (Å²) in [5.41, 5.74) is 6.09. The van der Waals surface area contributed by atoms with Crippen LogP contribution in [0.1, 0.15) is 116 Å². The molecule has 0 radical (unpaired) electrons. The average molecular weight is 1070 g/mol. The number of fused-ring (bicyclic) bond motifs is 2. The number of piperidine rings is 2. The quantitative estimate of drug-likeness (QED) is 0.0789. The molecule has 4 aliphatic heterocycles. The number of nitrogens with zero attached hydrogens (tertiary/aromatic N) is 5. The number of aromatic nitrogens is 2. The highest BCUT2D eigenvalue weighted by Gasteiger charge is 2.51. The molecule has 4 amide bonds. The number of rotatable bonds is 14. The van der Waals surface area contributed by atoms with Crippen LogP contribution in [0.2, 0.25) is 5.02 Å². The number of hydrogen-bond acceptors (Lipinski definition) is 10. The number of ether oxygens (including phenoxy) is 2. The van der Waals surface area contributed by atoms with Crippen molar-refractivity contribution in [3.63, 3.8) is 0 Å². The zero-order chi connectivity index (χ0) is 53.2. The fourth-order valence-corrected chi connectivity index (χ4v) is 14.0. The number of carbonyl (C=O) groups is 3. The predicted octanol–water partition coefficient (Wildman–Crippen LogP) is 9.03. The summed E-state index contributed by atoms with van der Waals surface area (Å²) in [5.74, 6) is -4.50. The van der Waals surface area contributed by atoms with Gasteiger partial charge in [0.2, 0.25) is 11.8 Å². The van der Waals surface area contributed by atoms with Crippen LogP contribution in [0.15, 0.2) is 54.6 Å². The summed E-state index contributed by atoms with van der Waals surface area (Å²) in [5, 5.41) is 19.7. The standard InChI is InChI=1S/C57H65ClF4N8O6/c1-32-45-43(27-41(60)49(58)48(45)47-38(53(63)73)12-13-42(50(47)61)75-25-24-71)76-57(32,35-6-4-3-5-7-35)31-64-36-10-8-33(9-11-36)30-68-22-17-56(18-23-68)28-37(29-56)69-19-14-34(15-20-69)46-40(59)26-39-52(51(46)62)67(2)66-54(39)70-21-16-44(72)65-55(70)74/h3-7,12-13,26-27,32-34,36-37,64,71H,8-11,14-25,28-31H2,1-2H3,(H2,63,73)(H,65,72,74). The predicted molar refractivity (Wildman–Crippen MR) is 280 cm³/mol. The molecule has 2 aliphatic carbocycles. The summed E-state index contributed by atoms with van der Waals surface area (Å²) in [6, 6.07) is 14.8. The minimum Gasteiger partial charge on any atom is -0.488 e. The van der Waals surface area contributed by atoms with Gasteiger partial charge in [-0.25, -0.2) is 22.4 Å². The Kier molecular flexibility index (Phi) is 14.4. The molecule has 404 valence electrons. The molecule has 1 aromatic heterocycles. The van der Waals surface area contributed by atoms with Crippen molar-refractivity contribution < 1.29 is 46.5 Å². The molecule has 11 rings (SSSR count). The lowest BCUT2D eigenvalue weighted by Crippen LogP contribution is -2.56. The number of anilines is 1. The number of imide groups is 1. The molecule has 3 saturated heterocycles. The van der Waals surface area contributed by atoms with Crippen molar-refractivity contribution in [3.05, 3.63) is 105 Å². The summed E-state index contributed by atoms with van der Waals surface area (Å²) in [6.07, 6.45) is 10.2. The van der Waals surface area contributed by atoms with Crippen LogP contribution < -0.4 is 30.7 Å². The van der Waals surface area contributed by atoms with Gasteiger partial charge in [-0.05, 0) is 131 Å². The van der Waals surface area contributed by atoms with E-state index in [0.717, 1.165) is 76.8 Å². The van der Waals surface area contributed by atoms with Gasteiger partial charge >= 0.3 is 6.03 Å². The number of amides is 4. The monoisotopic (exact) mass is 1070 g/mol. The largest absolute Gasteiger partial charge is 0.488 e. The second-order valence-corrected chi connectivity index (χ2v) is 22.6. The van der Waals surface area contributed by atoms with Gasteiger partial charge < -0.3 is 35.4 Å². The number of carbonyl (C=O) groups excluding carboxylic acids is 3. The average Bonchev–Trinajstić information content (AvgIpc) is 3.88. The molecule has 4 aromatic carbocycles. The summed E-state index contributed by atoms with van der Waals surface area (Å²) < 4.78 is 78.2. The summed E-state index contributed by atoms with van der Waals surface area (Å²) in [7, 11) is 1.59. The summed E-state index contributed by atoms with van der Waals surface area (Å²) in [4.78, 5) is 43.5. The Morgan fingerprint density at radius 1 is 0.921 bits per heavy atom. The molecule has 5 fully saturated rings. The highest BCUT2D eigenvalue weighted by atomic mass is 35.5. The first kappa shape index (κ1) is 52.3. The van der Waals surface area contributed by atoms with Gasteiger partial charge in [-0.1, -0.05) is 48.9 Å². The van der Waals surface area contributed by atoms with Crippen LogP contribution in [0.3, 0.4) is 0 Å². The first-order valence-electron chi connectivity index (χ1n) is 26.9. The van der Waals surface area contributed by atoms with Crippen molar-refractivity contribution >= 4 is 46.2 Å². The number of likely N-dealkylation sites (tertiary alicyclic amines) is 2. The molecule has 1 spiro atoms. The number of urea groups is 1. The van der Waals surface area contributed by atoms with E-state index in [4.69, 9.17) is 26.8 Å². The SMILES string of the molecule is CC1c2c(cc(F)c(Cl)c2-c2c(C(N)=O)ccc(OCCO)c2F)OC1(CNC1CCC(CN2CCC3(CC2)CC(N2CCC(c4c(F)cc5c(N6CCC(=O)NC6=O)nn(C)c5c4F)CC2)C3)CC1)c1ccccc1. The number of hydrogen-bond donors (Lipinski definition) is 4. The van der Waals surface area contributed by atoms with Crippen molar-refractivity contribution in [2.45, 2.75) is 107 Å². The van der Waals surface area contributed by atoms with E-state index in [1.165, 1.54) is 46.7 Å². The van der Waals surface area contributed by atoms with Crippen LogP contribution >= 0.6 is 11.6 Å². The Hall–Kier alpha value is -5.79. The van der Waals surface area contributed by atoms with Gasteiger partial charge in [-0.3, -0.25) is 24.5 Å². The van der Waals surface area contributed by atoms with Crippen molar-refractivity contribution in [2.24, 2.45) is 24.1 Å². The zero-order valence-corrected chi connectivity index (χ0v) is 43.7. The number of primary amides is 1. The summed E-state index contributed by atoms with van der Waals surface area (Å²) in [6.45, 7) is 6.62. The van der Waals surface area contributed by atoms with E-state index in [1.807, 2.05) is 37.3 Å². The maximum Gasteiger partial charge on any atom is 0.329 e. The van der Waals surface area contributed by atoms with Gasteiger partial charge in [0.05, 0.1) is 22.6 Å². The molecular formula is C57H65ClF4N8O6. The first-order chi connectivity index (χ1) is 36.6. The van der Waals surface area contributed by atoms with Gasteiger partial charge in [0.1, 0.15) is 29.5 Å². The molecule has 76 heavy (non-hydrogen) atoms. The highest BCUT2D eigenvalue weighted by molar-refractivity contribution is 6.34. The van der Waals surface area contributed by atoms with E-state index < -0.39 is 52.6 Å². The van der Waals surface area contributed by atoms with E-state index in [9.17, 15) is 19.5 Å². The van der Waals surface area contributed by atoms with Crippen LogP contribution in [-0.4, -0.2) is 114 Å². The first-order valence-corrected chi connectivity index (χ1v) is 27.2. The number of aliphatic hydroxyl groups excluding tert-OH is 1. The van der Waals surface area contributed by atoms with Gasteiger partial charge in [0.15, 0.2) is 28.8 Å².